The molecule has 1 aromatic heterocycles. The lowest BCUT2D eigenvalue weighted by Crippen LogP contribution is -2.40. The van der Waals surface area contributed by atoms with Crippen LogP contribution in [0.2, 0.25) is 0 Å². The second-order valence-corrected chi connectivity index (χ2v) is 6.46. The topological polar surface area (TPSA) is 79.3 Å². The zero-order valence-corrected chi connectivity index (χ0v) is 13.1. The predicted molar refractivity (Wildman–Crippen MR) is 79.6 cm³/mol. The molecule has 0 saturated carbocycles. The first-order valence-electron chi connectivity index (χ1n) is 6.95. The molecule has 2 N–H and O–H groups in total. The molecule has 1 heterocycles. The van der Waals surface area contributed by atoms with Gasteiger partial charge in [-0.15, -0.1) is 0 Å². The fraction of sp³-hybridized carbons (Fsp3) is 0.750. The molecule has 0 aliphatic carbocycles. The number of nitrogens with one attached hydrogen (secondary N) is 2. The van der Waals surface area contributed by atoms with Crippen LogP contribution in [0.5, 0.6) is 0 Å². The predicted octanol–water partition coefficient (Wildman–Crippen LogP) is 0.0390. The number of rotatable bonds is 11. The third kappa shape index (κ3) is 6.47. The molecule has 0 saturated heterocycles. The van der Waals surface area contributed by atoms with Crippen LogP contribution < -0.4 is 10.0 Å². The molecule has 7 nitrogen and oxygen atoms in total. The van der Waals surface area contributed by atoms with Gasteiger partial charge in [-0.2, -0.15) is 17.8 Å². The molecular formula is C12H25N5O2S. The zero-order valence-electron chi connectivity index (χ0n) is 12.2. The van der Waals surface area contributed by atoms with Crippen LogP contribution >= 0.6 is 0 Å². The van der Waals surface area contributed by atoms with Gasteiger partial charge in [0.15, 0.2) is 0 Å². The summed E-state index contributed by atoms with van der Waals surface area (Å²) in [5.74, 6) is 0. The molecule has 0 atom stereocenters. The summed E-state index contributed by atoms with van der Waals surface area (Å²) in [5, 5.41) is 7.27. The van der Waals surface area contributed by atoms with Crippen LogP contribution in [0.25, 0.3) is 0 Å². The fourth-order valence-corrected chi connectivity index (χ4v) is 2.62. The Morgan fingerprint density at radius 3 is 2.75 bits per heavy atom. The first kappa shape index (κ1) is 17.1. The van der Waals surface area contributed by atoms with Crippen molar-refractivity contribution in [1.29, 1.82) is 0 Å². The van der Waals surface area contributed by atoms with E-state index in [0.717, 1.165) is 25.9 Å². The Morgan fingerprint density at radius 1 is 1.30 bits per heavy atom. The maximum atomic E-state index is 11.9. The molecule has 1 rings (SSSR count). The molecule has 20 heavy (non-hydrogen) atoms. The van der Waals surface area contributed by atoms with Gasteiger partial charge in [0.05, 0.1) is 6.54 Å². The van der Waals surface area contributed by atoms with Crippen molar-refractivity contribution in [1.82, 2.24) is 24.1 Å². The molecule has 0 aromatic carbocycles. The summed E-state index contributed by atoms with van der Waals surface area (Å²) in [6.07, 6.45) is 5.36. The summed E-state index contributed by atoms with van der Waals surface area (Å²) < 4.78 is 29.5. The van der Waals surface area contributed by atoms with E-state index < -0.39 is 10.2 Å². The molecule has 0 unspecified atom stereocenters. The largest absolute Gasteiger partial charge is 0.317 e. The first-order valence-corrected chi connectivity index (χ1v) is 8.39. The van der Waals surface area contributed by atoms with E-state index in [0.29, 0.717) is 19.6 Å². The van der Waals surface area contributed by atoms with Crippen molar-refractivity contribution in [2.24, 2.45) is 0 Å². The van der Waals surface area contributed by atoms with Gasteiger partial charge in [-0.05, 0) is 32.0 Å². The Balaban J connectivity index is 2.21. The van der Waals surface area contributed by atoms with Crippen molar-refractivity contribution >= 4 is 10.2 Å². The van der Waals surface area contributed by atoms with Gasteiger partial charge in [0, 0.05) is 32.5 Å². The van der Waals surface area contributed by atoms with Gasteiger partial charge in [-0.1, -0.05) is 6.92 Å². The summed E-state index contributed by atoms with van der Waals surface area (Å²) in [7, 11) is -1.80. The molecule has 0 radical (unpaired) electrons. The smallest absolute Gasteiger partial charge is 0.279 e. The molecule has 8 heteroatoms. The maximum Gasteiger partial charge on any atom is 0.279 e. The minimum Gasteiger partial charge on any atom is -0.317 e. The minimum absolute atomic E-state index is 0.336. The SMILES string of the molecule is CCCNCCCN(C)S(=O)(=O)NCCn1cccn1. The Bertz CT molecular complexity index is 446. The highest BCUT2D eigenvalue weighted by Gasteiger charge is 2.15. The molecule has 0 fully saturated rings. The van der Waals surface area contributed by atoms with Gasteiger partial charge in [0.25, 0.3) is 10.2 Å². The molecule has 116 valence electrons. The number of aromatic nitrogens is 2. The number of nitrogens with zero attached hydrogens (tertiary/aromatic N) is 3. The second-order valence-electron chi connectivity index (χ2n) is 4.59. The number of hydrogen-bond donors (Lipinski definition) is 2. The van der Waals surface area contributed by atoms with Crippen LogP contribution in [-0.2, 0) is 16.8 Å². The van der Waals surface area contributed by atoms with E-state index >= 15 is 0 Å². The van der Waals surface area contributed by atoms with Gasteiger partial charge in [0.1, 0.15) is 0 Å². The molecule has 0 amide bonds. The van der Waals surface area contributed by atoms with Crippen LogP contribution in [0.15, 0.2) is 18.5 Å². The van der Waals surface area contributed by atoms with Crippen molar-refractivity contribution in [3.8, 4) is 0 Å². The van der Waals surface area contributed by atoms with Gasteiger partial charge in [0.2, 0.25) is 0 Å². The summed E-state index contributed by atoms with van der Waals surface area (Å²) >= 11 is 0. The third-order valence-electron chi connectivity index (χ3n) is 2.85. The van der Waals surface area contributed by atoms with Crippen LogP contribution in [-0.4, -0.2) is 55.7 Å². The number of hydrogen-bond acceptors (Lipinski definition) is 4. The highest BCUT2D eigenvalue weighted by molar-refractivity contribution is 7.87. The summed E-state index contributed by atoms with van der Waals surface area (Å²) in [6.45, 7) is 5.28. The van der Waals surface area contributed by atoms with E-state index in [9.17, 15) is 8.42 Å². The molecule has 0 bridgehead atoms. The van der Waals surface area contributed by atoms with Crippen molar-refractivity contribution < 1.29 is 8.42 Å². The van der Waals surface area contributed by atoms with E-state index in [1.165, 1.54) is 4.31 Å². The lowest BCUT2D eigenvalue weighted by Gasteiger charge is -2.17. The van der Waals surface area contributed by atoms with Crippen LogP contribution in [0.4, 0.5) is 0 Å². The zero-order chi connectivity index (χ0) is 14.8. The van der Waals surface area contributed by atoms with E-state index in [2.05, 4.69) is 22.1 Å². The van der Waals surface area contributed by atoms with Gasteiger partial charge in [-0.3, -0.25) is 4.68 Å². The van der Waals surface area contributed by atoms with Crippen molar-refractivity contribution in [3.63, 3.8) is 0 Å². The lowest BCUT2D eigenvalue weighted by atomic mass is 10.4. The molecule has 1 aromatic rings. The Labute approximate surface area is 121 Å². The van der Waals surface area contributed by atoms with Gasteiger partial charge >= 0.3 is 0 Å². The third-order valence-corrected chi connectivity index (χ3v) is 4.42. The molecule has 0 aliphatic heterocycles. The average molecular weight is 303 g/mol. The van der Waals surface area contributed by atoms with E-state index in [1.807, 2.05) is 6.07 Å². The summed E-state index contributed by atoms with van der Waals surface area (Å²) in [5.41, 5.74) is 0. The fourth-order valence-electron chi connectivity index (χ4n) is 1.68. The Kier molecular flexibility index (Phi) is 7.75. The lowest BCUT2D eigenvalue weighted by molar-refractivity contribution is 0.441. The Hall–Kier alpha value is -0.960. The van der Waals surface area contributed by atoms with Crippen LogP contribution in [0.1, 0.15) is 19.8 Å². The van der Waals surface area contributed by atoms with Crippen LogP contribution in [0, 0.1) is 0 Å². The van der Waals surface area contributed by atoms with Crippen molar-refractivity contribution in [3.05, 3.63) is 18.5 Å². The van der Waals surface area contributed by atoms with E-state index in [4.69, 9.17) is 0 Å². The van der Waals surface area contributed by atoms with Crippen LogP contribution in [0.3, 0.4) is 0 Å². The molecular weight excluding hydrogens is 278 g/mol. The van der Waals surface area contributed by atoms with E-state index in [1.54, 1.807) is 24.1 Å². The second kappa shape index (κ2) is 9.06. The van der Waals surface area contributed by atoms with Crippen molar-refractivity contribution in [2.45, 2.75) is 26.3 Å². The minimum atomic E-state index is -3.39. The quantitative estimate of drug-likeness (QED) is 0.566. The highest BCUT2D eigenvalue weighted by atomic mass is 32.2. The van der Waals surface area contributed by atoms with Gasteiger partial charge < -0.3 is 5.32 Å². The standard InChI is InChI=1S/C12H25N5O2S/c1-3-6-13-7-4-10-16(2)20(18,19)15-9-12-17-11-5-8-14-17/h5,8,11,13,15H,3-4,6-7,9-10,12H2,1-2H3. The van der Waals surface area contributed by atoms with Gasteiger partial charge in [-0.25, -0.2) is 4.72 Å². The summed E-state index contributed by atoms with van der Waals surface area (Å²) in [4.78, 5) is 0. The maximum absolute atomic E-state index is 11.9. The Morgan fingerprint density at radius 2 is 2.10 bits per heavy atom. The monoisotopic (exact) mass is 303 g/mol. The summed E-state index contributed by atoms with van der Waals surface area (Å²) in [6, 6.07) is 1.81. The first-order chi connectivity index (χ1) is 9.56. The molecule has 0 spiro atoms. The molecule has 0 aliphatic rings. The average Bonchev–Trinajstić information content (AvgIpc) is 2.91. The van der Waals surface area contributed by atoms with E-state index in [-0.39, 0.29) is 0 Å². The highest BCUT2D eigenvalue weighted by Crippen LogP contribution is 1.95. The normalized spacial score (nSPS) is 12.2. The van der Waals surface area contributed by atoms with Crippen molar-refractivity contribution in [2.75, 3.05) is 33.2 Å².